The van der Waals surface area contributed by atoms with Crippen molar-refractivity contribution in [3.8, 4) is 5.75 Å². The van der Waals surface area contributed by atoms with Gasteiger partial charge in [-0.25, -0.2) is 0 Å². The van der Waals surface area contributed by atoms with Crippen LogP contribution in [0.1, 0.15) is 34.4 Å². The summed E-state index contributed by atoms with van der Waals surface area (Å²) < 4.78 is 0. The van der Waals surface area contributed by atoms with Crippen molar-refractivity contribution in [3.05, 3.63) is 61.8 Å². The molecule has 23 heavy (non-hydrogen) atoms. The molecule has 0 spiro atoms. The molecule has 0 saturated heterocycles. The number of fused-ring (bicyclic) bond motifs is 3. The smallest absolute Gasteiger partial charge is 0.275 e. The second-order valence-electron chi connectivity index (χ2n) is 6.09. The van der Waals surface area contributed by atoms with Gasteiger partial charge < -0.3 is 10.4 Å². The molecule has 5 nitrogen and oxygen atoms in total. The van der Waals surface area contributed by atoms with E-state index in [1.54, 1.807) is 11.3 Å². The van der Waals surface area contributed by atoms with Crippen LogP contribution in [0, 0.1) is 23.0 Å². The van der Waals surface area contributed by atoms with Gasteiger partial charge in [-0.15, -0.1) is 11.3 Å². The van der Waals surface area contributed by atoms with Gasteiger partial charge >= 0.3 is 0 Å². The van der Waals surface area contributed by atoms with Crippen LogP contribution >= 0.6 is 11.3 Å². The second-order valence-corrected chi connectivity index (χ2v) is 7.04. The lowest BCUT2D eigenvalue weighted by atomic mass is 9.77. The summed E-state index contributed by atoms with van der Waals surface area (Å²) in [6.45, 7) is 2.08. The lowest BCUT2D eigenvalue weighted by Crippen LogP contribution is -2.29. The van der Waals surface area contributed by atoms with Gasteiger partial charge in [0.1, 0.15) is 5.75 Å². The van der Waals surface area contributed by atoms with E-state index >= 15 is 0 Å². The Balaban J connectivity index is 1.90. The molecule has 0 radical (unpaired) electrons. The molecule has 2 aliphatic rings. The summed E-state index contributed by atoms with van der Waals surface area (Å²) in [5, 5.41) is 27.1. The monoisotopic (exact) mass is 328 g/mol. The first-order valence-corrected chi connectivity index (χ1v) is 8.43. The minimum absolute atomic E-state index is 0.0368. The van der Waals surface area contributed by atoms with Crippen molar-refractivity contribution in [3.63, 3.8) is 0 Å². The highest BCUT2D eigenvalue weighted by molar-refractivity contribution is 7.10. The maximum Gasteiger partial charge on any atom is 0.275 e. The molecule has 3 atom stereocenters. The normalized spacial score (nSPS) is 24.8. The highest BCUT2D eigenvalue weighted by Crippen LogP contribution is 2.55. The largest absolute Gasteiger partial charge is 0.506 e. The number of phenolic OH excluding ortho intramolecular Hbond substituents is 1. The molecule has 1 aromatic heterocycles. The number of nitro benzene ring substituents is 1. The quantitative estimate of drug-likeness (QED) is 0.368. The maximum absolute atomic E-state index is 11.4. The number of hydrogen-bond donors (Lipinski definition) is 2. The number of nitro groups is 1. The maximum atomic E-state index is 11.4. The summed E-state index contributed by atoms with van der Waals surface area (Å²) in [5.41, 5.74) is 2.41. The van der Waals surface area contributed by atoms with Crippen LogP contribution < -0.4 is 5.32 Å². The number of thiophene rings is 1. The lowest BCUT2D eigenvalue weighted by molar-refractivity contribution is -0.385. The molecule has 1 aromatic carbocycles. The fourth-order valence-electron chi connectivity index (χ4n) is 3.80. The number of benzene rings is 1. The fraction of sp³-hybridized carbons (Fsp3) is 0.294. The van der Waals surface area contributed by atoms with Crippen LogP contribution in [-0.2, 0) is 0 Å². The van der Waals surface area contributed by atoms with Gasteiger partial charge in [-0.05, 0) is 42.3 Å². The Labute approximate surface area is 137 Å². The van der Waals surface area contributed by atoms with Crippen molar-refractivity contribution in [2.24, 2.45) is 5.92 Å². The zero-order chi connectivity index (χ0) is 16.1. The topological polar surface area (TPSA) is 75.4 Å². The van der Waals surface area contributed by atoms with Crippen molar-refractivity contribution in [2.45, 2.75) is 25.3 Å². The number of aromatic hydroxyl groups is 1. The third-order valence-corrected chi connectivity index (χ3v) is 5.96. The number of rotatable bonds is 2. The summed E-state index contributed by atoms with van der Waals surface area (Å²) in [5.74, 6) is 0.272. The zero-order valence-electron chi connectivity index (χ0n) is 12.5. The van der Waals surface area contributed by atoms with Gasteiger partial charge in [0.15, 0.2) is 0 Å². The van der Waals surface area contributed by atoms with Crippen molar-refractivity contribution >= 4 is 22.7 Å². The van der Waals surface area contributed by atoms with Crippen LogP contribution in [0.2, 0.25) is 0 Å². The predicted octanol–water partition coefficient (Wildman–Crippen LogP) is 4.50. The Morgan fingerprint density at radius 2 is 2.22 bits per heavy atom. The van der Waals surface area contributed by atoms with Gasteiger partial charge in [0.05, 0.1) is 22.2 Å². The van der Waals surface area contributed by atoms with Crippen LogP contribution in [0.25, 0.3) is 0 Å². The minimum Gasteiger partial charge on any atom is -0.506 e. The number of anilines is 1. The highest BCUT2D eigenvalue weighted by atomic mass is 32.1. The molecule has 118 valence electrons. The molecule has 1 aliphatic heterocycles. The second kappa shape index (κ2) is 5.09. The highest BCUT2D eigenvalue weighted by Gasteiger charge is 2.43. The molecular formula is C17H16N2O3S. The molecule has 0 fully saturated rings. The summed E-state index contributed by atoms with van der Waals surface area (Å²) in [6.07, 6.45) is 5.02. The van der Waals surface area contributed by atoms with Crippen molar-refractivity contribution in [1.82, 2.24) is 0 Å². The van der Waals surface area contributed by atoms with Gasteiger partial charge in [-0.1, -0.05) is 12.2 Å². The summed E-state index contributed by atoms with van der Waals surface area (Å²) in [6, 6.07) is 4.95. The third-order valence-electron chi connectivity index (χ3n) is 4.86. The summed E-state index contributed by atoms with van der Waals surface area (Å²) in [7, 11) is 0. The molecule has 4 rings (SSSR count). The van der Waals surface area contributed by atoms with E-state index in [1.165, 1.54) is 22.6 Å². The number of aryl methyl sites for hydroxylation is 1. The van der Waals surface area contributed by atoms with Crippen molar-refractivity contribution in [1.29, 1.82) is 0 Å². The van der Waals surface area contributed by atoms with Crippen molar-refractivity contribution < 1.29 is 10.0 Å². The van der Waals surface area contributed by atoms with Gasteiger partial charge in [-0.3, -0.25) is 10.1 Å². The average Bonchev–Trinajstić information content (AvgIpc) is 3.15. The standard InChI is InChI=1S/C17H16N2O3S/c1-9-7-8-23-17(9)15-11-4-2-3-10(11)14-12(19(21)22)5-6-13(20)16(14)18-15/h2-3,5-8,10-11,15,18,20H,4H2,1H3. The summed E-state index contributed by atoms with van der Waals surface area (Å²) >= 11 is 1.69. The Morgan fingerprint density at radius 3 is 2.91 bits per heavy atom. The zero-order valence-corrected chi connectivity index (χ0v) is 13.3. The Morgan fingerprint density at radius 1 is 1.39 bits per heavy atom. The molecule has 6 heteroatoms. The lowest BCUT2D eigenvalue weighted by Gasteiger charge is -2.37. The first-order valence-electron chi connectivity index (χ1n) is 7.55. The number of allylic oxidation sites excluding steroid dienone is 2. The molecular weight excluding hydrogens is 312 g/mol. The first-order chi connectivity index (χ1) is 11.1. The average molecular weight is 328 g/mol. The van der Waals surface area contributed by atoms with E-state index < -0.39 is 0 Å². The van der Waals surface area contributed by atoms with E-state index in [-0.39, 0.29) is 34.2 Å². The molecule has 0 amide bonds. The van der Waals surface area contributed by atoms with Crippen molar-refractivity contribution in [2.75, 3.05) is 5.32 Å². The molecule has 0 bridgehead atoms. The van der Waals surface area contributed by atoms with E-state index in [0.717, 1.165) is 6.42 Å². The Kier molecular flexibility index (Phi) is 3.16. The van der Waals surface area contributed by atoms with Crippen LogP contribution in [-0.4, -0.2) is 10.0 Å². The molecule has 1 aliphatic carbocycles. The fourth-order valence-corrected chi connectivity index (χ4v) is 4.85. The third kappa shape index (κ3) is 2.05. The number of nitrogens with one attached hydrogen (secondary N) is 1. The van der Waals surface area contributed by atoms with E-state index in [4.69, 9.17) is 0 Å². The first kappa shape index (κ1) is 14.3. The predicted molar refractivity (Wildman–Crippen MR) is 90.2 cm³/mol. The van der Waals surface area contributed by atoms with E-state index in [9.17, 15) is 15.2 Å². The molecule has 3 unspecified atom stereocenters. The van der Waals surface area contributed by atoms with Crippen LogP contribution in [0.3, 0.4) is 0 Å². The number of phenols is 1. The molecule has 0 saturated carbocycles. The van der Waals surface area contributed by atoms with E-state index in [0.29, 0.717) is 11.3 Å². The van der Waals surface area contributed by atoms with E-state index in [2.05, 4.69) is 29.8 Å². The van der Waals surface area contributed by atoms with Crippen LogP contribution in [0.15, 0.2) is 35.7 Å². The number of hydrogen-bond acceptors (Lipinski definition) is 5. The van der Waals surface area contributed by atoms with Crippen LogP contribution in [0.5, 0.6) is 5.75 Å². The van der Waals surface area contributed by atoms with Gasteiger partial charge in [0, 0.05) is 16.9 Å². The molecule has 2 aromatic rings. The molecule has 2 heterocycles. The molecule has 2 N–H and O–H groups in total. The Bertz CT molecular complexity index is 827. The Hall–Kier alpha value is -2.34. The minimum atomic E-state index is -0.361. The SMILES string of the molecule is Cc1ccsc1C1Nc2c(O)ccc([N+](=O)[O-])c2C2C=CCC21. The van der Waals surface area contributed by atoms with E-state index in [1.807, 2.05) is 6.08 Å². The number of nitrogens with zero attached hydrogens (tertiary/aromatic N) is 1. The van der Waals surface area contributed by atoms with Gasteiger partial charge in [-0.2, -0.15) is 0 Å². The van der Waals surface area contributed by atoms with Crippen LogP contribution in [0.4, 0.5) is 11.4 Å². The van der Waals surface area contributed by atoms with Gasteiger partial charge in [0.2, 0.25) is 0 Å². The summed E-state index contributed by atoms with van der Waals surface area (Å²) in [4.78, 5) is 12.3. The van der Waals surface area contributed by atoms with Gasteiger partial charge in [0.25, 0.3) is 5.69 Å².